The molecule has 1 aliphatic heterocycles. The Kier molecular flexibility index (Phi) is 2.21. The van der Waals surface area contributed by atoms with Crippen molar-refractivity contribution in [2.24, 2.45) is 11.7 Å². The molecule has 0 radical (unpaired) electrons. The van der Waals surface area contributed by atoms with E-state index in [9.17, 15) is 4.79 Å². The van der Waals surface area contributed by atoms with Crippen LogP contribution < -0.4 is 5.73 Å². The average molecular weight is 223 g/mol. The molecular formula is C8H12Cl2N2O. The van der Waals surface area contributed by atoms with Crippen molar-refractivity contribution in [3.63, 3.8) is 0 Å². The monoisotopic (exact) mass is 222 g/mol. The summed E-state index contributed by atoms with van der Waals surface area (Å²) in [5.74, 6) is -0.126. The Morgan fingerprint density at radius 2 is 2.15 bits per heavy atom. The van der Waals surface area contributed by atoms with Crippen LogP contribution in [0.2, 0.25) is 0 Å². The van der Waals surface area contributed by atoms with E-state index in [2.05, 4.69) is 0 Å². The number of halogens is 2. The van der Waals surface area contributed by atoms with E-state index in [-0.39, 0.29) is 17.9 Å². The number of carbonyl (C=O) groups is 1. The largest absolute Gasteiger partial charge is 0.341 e. The van der Waals surface area contributed by atoms with Gasteiger partial charge < -0.3 is 10.6 Å². The summed E-state index contributed by atoms with van der Waals surface area (Å²) >= 11 is 11.6. The van der Waals surface area contributed by atoms with E-state index in [4.69, 9.17) is 28.9 Å². The topological polar surface area (TPSA) is 46.3 Å². The second-order valence-electron chi connectivity index (χ2n) is 3.85. The SMILES string of the molecule is N[C@H]1CCN(C(=O)C2CC2(Cl)Cl)C1. The highest BCUT2D eigenvalue weighted by Gasteiger charge is 2.57. The highest BCUT2D eigenvalue weighted by Crippen LogP contribution is 2.54. The maximum absolute atomic E-state index is 11.7. The van der Waals surface area contributed by atoms with Crippen LogP contribution in [0.15, 0.2) is 0 Å². The van der Waals surface area contributed by atoms with Gasteiger partial charge >= 0.3 is 0 Å². The fourth-order valence-electron chi connectivity index (χ4n) is 1.69. The number of rotatable bonds is 1. The molecule has 1 unspecified atom stereocenters. The van der Waals surface area contributed by atoms with Crippen LogP contribution in [0, 0.1) is 5.92 Å². The van der Waals surface area contributed by atoms with Gasteiger partial charge in [-0.3, -0.25) is 4.79 Å². The molecule has 0 spiro atoms. The molecule has 0 aromatic heterocycles. The Morgan fingerprint density at radius 1 is 1.54 bits per heavy atom. The predicted octanol–water partition coefficient (Wildman–Crippen LogP) is 0.740. The molecule has 74 valence electrons. The summed E-state index contributed by atoms with van der Waals surface area (Å²) in [6.07, 6.45) is 1.47. The Hall–Kier alpha value is 0.01000. The molecule has 2 aliphatic rings. The van der Waals surface area contributed by atoms with E-state index in [1.165, 1.54) is 0 Å². The number of nitrogens with zero attached hydrogens (tertiary/aromatic N) is 1. The fourth-order valence-corrected chi connectivity index (χ4v) is 2.18. The Morgan fingerprint density at radius 3 is 2.54 bits per heavy atom. The number of nitrogens with two attached hydrogens (primary N) is 1. The van der Waals surface area contributed by atoms with Crippen molar-refractivity contribution in [2.75, 3.05) is 13.1 Å². The lowest BCUT2D eigenvalue weighted by atomic mass is 10.3. The molecule has 1 aliphatic carbocycles. The Bertz CT molecular complexity index is 244. The highest BCUT2D eigenvalue weighted by molar-refractivity contribution is 6.52. The van der Waals surface area contributed by atoms with E-state index in [1.54, 1.807) is 4.90 Å². The number of likely N-dealkylation sites (tertiary alicyclic amines) is 1. The molecule has 5 heteroatoms. The van der Waals surface area contributed by atoms with Crippen molar-refractivity contribution >= 4 is 29.1 Å². The van der Waals surface area contributed by atoms with Crippen LogP contribution >= 0.6 is 23.2 Å². The minimum Gasteiger partial charge on any atom is -0.341 e. The van der Waals surface area contributed by atoms with Crippen LogP contribution in [0.25, 0.3) is 0 Å². The first-order valence-corrected chi connectivity index (χ1v) is 5.18. The molecular weight excluding hydrogens is 211 g/mol. The lowest BCUT2D eigenvalue weighted by Crippen LogP contribution is -2.33. The molecule has 0 aromatic rings. The molecule has 1 saturated carbocycles. The third-order valence-corrected chi connectivity index (χ3v) is 3.50. The number of hydrogen-bond donors (Lipinski definition) is 1. The lowest BCUT2D eigenvalue weighted by Gasteiger charge is -2.15. The van der Waals surface area contributed by atoms with Crippen molar-refractivity contribution in [1.29, 1.82) is 0 Å². The van der Waals surface area contributed by atoms with Crippen molar-refractivity contribution in [1.82, 2.24) is 4.90 Å². The Balaban J connectivity index is 1.92. The normalized spacial score (nSPS) is 36.4. The summed E-state index contributed by atoms with van der Waals surface area (Å²) in [6.45, 7) is 1.40. The minimum atomic E-state index is -0.802. The molecule has 1 heterocycles. The van der Waals surface area contributed by atoms with Crippen LogP contribution in [-0.2, 0) is 4.79 Å². The van der Waals surface area contributed by atoms with E-state index in [0.29, 0.717) is 13.0 Å². The molecule has 2 N–H and O–H groups in total. The number of amides is 1. The van der Waals surface area contributed by atoms with Gasteiger partial charge in [-0.25, -0.2) is 0 Å². The van der Waals surface area contributed by atoms with Gasteiger partial charge in [0.15, 0.2) is 0 Å². The average Bonchev–Trinajstić information content (AvgIpc) is 2.47. The molecule has 3 nitrogen and oxygen atoms in total. The maximum atomic E-state index is 11.7. The van der Waals surface area contributed by atoms with Crippen molar-refractivity contribution < 1.29 is 4.79 Å². The minimum absolute atomic E-state index is 0.0675. The molecule has 13 heavy (non-hydrogen) atoms. The third kappa shape index (κ3) is 1.78. The summed E-state index contributed by atoms with van der Waals surface area (Å²) in [5.41, 5.74) is 5.69. The first-order chi connectivity index (χ1) is 6.00. The van der Waals surface area contributed by atoms with E-state index in [0.717, 1.165) is 13.0 Å². The van der Waals surface area contributed by atoms with Gasteiger partial charge in [0.05, 0.1) is 5.92 Å². The zero-order valence-electron chi connectivity index (χ0n) is 7.17. The highest BCUT2D eigenvalue weighted by atomic mass is 35.5. The second-order valence-corrected chi connectivity index (χ2v) is 5.39. The van der Waals surface area contributed by atoms with Gasteiger partial charge in [0.1, 0.15) is 4.33 Å². The van der Waals surface area contributed by atoms with Gasteiger partial charge in [0.25, 0.3) is 0 Å². The molecule has 2 rings (SSSR count). The molecule has 1 saturated heterocycles. The number of carbonyl (C=O) groups excluding carboxylic acids is 1. The zero-order chi connectivity index (χ0) is 9.64. The summed E-state index contributed by atoms with van der Waals surface area (Å²) in [5, 5.41) is 0. The van der Waals surface area contributed by atoms with E-state index in [1.807, 2.05) is 0 Å². The summed E-state index contributed by atoms with van der Waals surface area (Å²) < 4.78 is -0.802. The van der Waals surface area contributed by atoms with Gasteiger partial charge in [0.2, 0.25) is 5.91 Å². The molecule has 2 fully saturated rings. The van der Waals surface area contributed by atoms with Crippen molar-refractivity contribution in [3.8, 4) is 0 Å². The van der Waals surface area contributed by atoms with Crippen molar-refractivity contribution in [3.05, 3.63) is 0 Å². The van der Waals surface area contributed by atoms with Crippen LogP contribution in [0.1, 0.15) is 12.8 Å². The van der Waals surface area contributed by atoms with Crippen LogP contribution in [0.5, 0.6) is 0 Å². The number of hydrogen-bond acceptors (Lipinski definition) is 2. The van der Waals surface area contributed by atoms with E-state index < -0.39 is 4.33 Å². The van der Waals surface area contributed by atoms with Gasteiger partial charge in [0, 0.05) is 19.1 Å². The molecule has 1 amide bonds. The lowest BCUT2D eigenvalue weighted by molar-refractivity contribution is -0.131. The summed E-state index contributed by atoms with van der Waals surface area (Å²) in [7, 11) is 0. The number of alkyl halides is 2. The Labute approximate surface area is 87.1 Å². The summed E-state index contributed by atoms with van der Waals surface area (Å²) in [6, 6.07) is 0.128. The second kappa shape index (κ2) is 3.01. The fraction of sp³-hybridized carbons (Fsp3) is 0.875. The summed E-state index contributed by atoms with van der Waals surface area (Å²) in [4.78, 5) is 13.4. The van der Waals surface area contributed by atoms with Crippen molar-refractivity contribution in [2.45, 2.75) is 23.2 Å². The molecule has 0 aromatic carbocycles. The standard InChI is InChI=1S/C8H12Cl2N2O/c9-8(10)3-6(8)7(13)12-2-1-5(11)4-12/h5-6H,1-4,11H2/t5-,6?/m0/s1. The smallest absolute Gasteiger partial charge is 0.228 e. The van der Waals surface area contributed by atoms with E-state index >= 15 is 0 Å². The third-order valence-electron chi connectivity index (χ3n) is 2.66. The van der Waals surface area contributed by atoms with Crippen LogP contribution in [-0.4, -0.2) is 34.3 Å². The molecule has 2 atom stereocenters. The zero-order valence-corrected chi connectivity index (χ0v) is 8.68. The predicted molar refractivity (Wildman–Crippen MR) is 51.7 cm³/mol. The van der Waals surface area contributed by atoms with Gasteiger partial charge in [-0.1, -0.05) is 0 Å². The van der Waals surface area contributed by atoms with Crippen LogP contribution in [0.4, 0.5) is 0 Å². The van der Waals surface area contributed by atoms with Gasteiger partial charge in [-0.2, -0.15) is 0 Å². The maximum Gasteiger partial charge on any atom is 0.228 e. The van der Waals surface area contributed by atoms with Gasteiger partial charge in [-0.05, 0) is 12.8 Å². The molecule has 0 bridgehead atoms. The first kappa shape index (κ1) is 9.56. The van der Waals surface area contributed by atoms with Gasteiger partial charge in [-0.15, -0.1) is 23.2 Å². The van der Waals surface area contributed by atoms with Crippen LogP contribution in [0.3, 0.4) is 0 Å². The quantitative estimate of drug-likeness (QED) is 0.666. The first-order valence-electron chi connectivity index (χ1n) is 4.43.